The van der Waals surface area contributed by atoms with Crippen LogP contribution in [0.15, 0.2) is 91.0 Å². The van der Waals surface area contributed by atoms with E-state index >= 15 is 0 Å². The SMILES string of the molecule is CC(C)N(C[P+](c1ccccc1)(c1ccccc1)c1ccccc1)C(C)C. The van der Waals surface area contributed by atoms with Gasteiger partial charge in [-0.3, -0.25) is 4.90 Å². The zero-order chi connectivity index (χ0) is 19.3. The highest BCUT2D eigenvalue weighted by molar-refractivity contribution is 7.95. The van der Waals surface area contributed by atoms with Gasteiger partial charge in [0.15, 0.2) is 0 Å². The third-order valence-electron chi connectivity index (χ3n) is 5.29. The molecule has 2 heteroatoms. The fraction of sp³-hybridized carbons (Fsp3) is 0.280. The van der Waals surface area contributed by atoms with Crippen LogP contribution >= 0.6 is 7.26 Å². The van der Waals surface area contributed by atoms with Crippen LogP contribution in [0, 0.1) is 0 Å². The zero-order valence-corrected chi connectivity index (χ0v) is 17.8. The zero-order valence-electron chi connectivity index (χ0n) is 16.9. The van der Waals surface area contributed by atoms with E-state index in [4.69, 9.17) is 0 Å². The topological polar surface area (TPSA) is 3.24 Å². The predicted molar refractivity (Wildman–Crippen MR) is 122 cm³/mol. The van der Waals surface area contributed by atoms with Crippen molar-refractivity contribution < 1.29 is 0 Å². The Morgan fingerprint density at radius 1 is 0.556 bits per heavy atom. The summed E-state index contributed by atoms with van der Waals surface area (Å²) in [6, 6.07) is 34.4. The maximum Gasteiger partial charge on any atom is 0.126 e. The average molecular weight is 377 g/mol. The van der Waals surface area contributed by atoms with Gasteiger partial charge in [-0.25, -0.2) is 0 Å². The molecule has 0 saturated carbocycles. The molecule has 3 rings (SSSR count). The molecule has 0 aliphatic heterocycles. The van der Waals surface area contributed by atoms with Gasteiger partial charge in [-0.2, -0.15) is 0 Å². The van der Waals surface area contributed by atoms with Crippen molar-refractivity contribution >= 4 is 23.2 Å². The number of benzene rings is 3. The van der Waals surface area contributed by atoms with Crippen molar-refractivity contribution in [2.45, 2.75) is 39.8 Å². The smallest absolute Gasteiger partial charge is 0.126 e. The quantitative estimate of drug-likeness (QED) is 0.521. The molecule has 27 heavy (non-hydrogen) atoms. The molecular weight excluding hydrogens is 345 g/mol. The van der Waals surface area contributed by atoms with Crippen LogP contribution in [0.25, 0.3) is 0 Å². The minimum atomic E-state index is -1.79. The van der Waals surface area contributed by atoms with Crippen molar-refractivity contribution in [3.8, 4) is 0 Å². The first-order chi connectivity index (χ1) is 13.1. The molecule has 0 fully saturated rings. The highest BCUT2D eigenvalue weighted by atomic mass is 31.2. The van der Waals surface area contributed by atoms with Gasteiger partial charge in [0.25, 0.3) is 0 Å². The van der Waals surface area contributed by atoms with E-state index in [2.05, 4.69) is 124 Å². The van der Waals surface area contributed by atoms with Crippen LogP contribution in [-0.2, 0) is 0 Å². The third kappa shape index (κ3) is 4.15. The van der Waals surface area contributed by atoms with Crippen LogP contribution in [0.5, 0.6) is 0 Å². The Balaban J connectivity index is 2.29. The first-order valence-electron chi connectivity index (χ1n) is 9.86. The van der Waals surface area contributed by atoms with E-state index in [-0.39, 0.29) is 0 Å². The molecule has 0 amide bonds. The number of hydrogen-bond donors (Lipinski definition) is 0. The summed E-state index contributed by atoms with van der Waals surface area (Å²) in [6.45, 7) is 9.26. The van der Waals surface area contributed by atoms with Crippen molar-refractivity contribution in [3.63, 3.8) is 0 Å². The van der Waals surface area contributed by atoms with E-state index < -0.39 is 7.26 Å². The molecule has 0 bridgehead atoms. The lowest BCUT2D eigenvalue weighted by molar-refractivity contribution is 0.209. The van der Waals surface area contributed by atoms with Gasteiger partial charge in [-0.1, -0.05) is 54.6 Å². The van der Waals surface area contributed by atoms with E-state index in [1.807, 2.05) is 0 Å². The summed E-state index contributed by atoms with van der Waals surface area (Å²) in [5.74, 6) is 0. The summed E-state index contributed by atoms with van der Waals surface area (Å²) in [6.07, 6.45) is 1.06. The largest absolute Gasteiger partial charge is 0.266 e. The van der Waals surface area contributed by atoms with Crippen LogP contribution in [0.1, 0.15) is 27.7 Å². The summed E-state index contributed by atoms with van der Waals surface area (Å²) < 4.78 is 0. The predicted octanol–water partition coefficient (Wildman–Crippen LogP) is 5.06. The van der Waals surface area contributed by atoms with E-state index in [9.17, 15) is 0 Å². The minimum Gasteiger partial charge on any atom is -0.266 e. The van der Waals surface area contributed by atoms with E-state index in [0.29, 0.717) is 12.1 Å². The molecule has 0 aromatic heterocycles. The molecule has 0 aliphatic carbocycles. The van der Waals surface area contributed by atoms with Crippen molar-refractivity contribution in [2.75, 3.05) is 6.29 Å². The standard InChI is InChI=1S/C25H31NP/c1-21(2)26(22(3)4)20-27(23-14-8-5-9-15-23,24-16-10-6-11-17-24)25-18-12-7-13-19-25/h5-19,21-22H,20H2,1-4H3/q+1. The number of hydrogen-bond acceptors (Lipinski definition) is 1. The minimum absolute atomic E-state index is 0.500. The van der Waals surface area contributed by atoms with Crippen molar-refractivity contribution in [1.82, 2.24) is 4.90 Å². The van der Waals surface area contributed by atoms with E-state index in [1.165, 1.54) is 15.9 Å². The highest BCUT2D eigenvalue weighted by Gasteiger charge is 2.47. The first-order valence-corrected chi connectivity index (χ1v) is 11.8. The summed E-state index contributed by atoms with van der Waals surface area (Å²) in [5, 5.41) is 4.36. The molecule has 140 valence electrons. The molecule has 1 nitrogen and oxygen atoms in total. The molecule has 0 spiro atoms. The summed E-state index contributed by atoms with van der Waals surface area (Å²) >= 11 is 0. The Morgan fingerprint density at radius 3 is 1.11 bits per heavy atom. The van der Waals surface area contributed by atoms with E-state index in [1.54, 1.807) is 0 Å². The second-order valence-corrected chi connectivity index (χ2v) is 11.1. The van der Waals surface area contributed by atoms with Gasteiger partial charge in [0.1, 0.15) is 29.5 Å². The Hall–Kier alpha value is -1.95. The summed E-state index contributed by atoms with van der Waals surface area (Å²) in [4.78, 5) is 2.65. The van der Waals surface area contributed by atoms with Gasteiger partial charge in [0.05, 0.1) is 0 Å². The molecule has 0 unspecified atom stereocenters. The van der Waals surface area contributed by atoms with Crippen LogP contribution < -0.4 is 15.9 Å². The molecule has 0 aliphatic rings. The Bertz CT molecular complexity index is 708. The maximum atomic E-state index is 2.65. The average Bonchev–Trinajstić information content (AvgIpc) is 2.70. The van der Waals surface area contributed by atoms with E-state index in [0.717, 1.165) is 6.29 Å². The Morgan fingerprint density at radius 2 is 0.852 bits per heavy atom. The molecule has 0 heterocycles. The molecule has 0 saturated heterocycles. The van der Waals surface area contributed by atoms with Gasteiger partial charge in [-0.05, 0) is 64.1 Å². The highest BCUT2D eigenvalue weighted by Crippen LogP contribution is 2.56. The third-order valence-corrected chi connectivity index (χ3v) is 9.58. The normalized spacial score (nSPS) is 12.1. The van der Waals surface area contributed by atoms with Gasteiger partial charge in [-0.15, -0.1) is 0 Å². The van der Waals surface area contributed by atoms with Crippen molar-refractivity contribution in [2.24, 2.45) is 0 Å². The van der Waals surface area contributed by atoms with Gasteiger partial charge >= 0.3 is 0 Å². The lowest BCUT2D eigenvalue weighted by atomic mass is 10.2. The van der Waals surface area contributed by atoms with Gasteiger partial charge in [0.2, 0.25) is 0 Å². The first kappa shape index (κ1) is 19.8. The van der Waals surface area contributed by atoms with Gasteiger partial charge < -0.3 is 0 Å². The second-order valence-electron chi connectivity index (χ2n) is 7.66. The monoisotopic (exact) mass is 376 g/mol. The molecule has 0 radical (unpaired) electrons. The lowest BCUT2D eigenvalue weighted by Crippen LogP contribution is -2.45. The fourth-order valence-corrected chi connectivity index (χ4v) is 8.48. The lowest BCUT2D eigenvalue weighted by Gasteiger charge is -2.37. The molecule has 3 aromatic carbocycles. The van der Waals surface area contributed by atoms with Gasteiger partial charge in [0, 0.05) is 12.1 Å². The fourth-order valence-electron chi connectivity index (χ4n) is 3.91. The Kier molecular flexibility index (Phi) is 6.47. The second kappa shape index (κ2) is 8.83. The maximum absolute atomic E-state index is 2.65. The van der Waals surface area contributed by atoms with Crippen LogP contribution in [0.2, 0.25) is 0 Å². The molecule has 0 N–H and O–H groups in total. The van der Waals surface area contributed by atoms with Crippen LogP contribution in [0.4, 0.5) is 0 Å². The number of rotatable bonds is 7. The molecular formula is C25H31NP+. The molecule has 0 atom stereocenters. The van der Waals surface area contributed by atoms with Crippen LogP contribution in [0.3, 0.4) is 0 Å². The van der Waals surface area contributed by atoms with Crippen molar-refractivity contribution in [3.05, 3.63) is 91.0 Å². The number of nitrogens with zero attached hydrogens (tertiary/aromatic N) is 1. The van der Waals surface area contributed by atoms with Crippen molar-refractivity contribution in [1.29, 1.82) is 0 Å². The van der Waals surface area contributed by atoms with Crippen LogP contribution in [-0.4, -0.2) is 23.3 Å². The molecule has 3 aromatic rings. The Labute approximate surface area is 165 Å². The summed E-state index contributed by atoms with van der Waals surface area (Å²) in [7, 11) is -1.79. The summed E-state index contributed by atoms with van der Waals surface area (Å²) in [5.41, 5.74) is 0.